The van der Waals surface area contributed by atoms with E-state index in [1.807, 2.05) is 30.3 Å². The molecule has 0 heterocycles. The fraction of sp³-hybridized carbons (Fsp3) is 0.375. The first-order valence-corrected chi connectivity index (χ1v) is 6.83. The summed E-state index contributed by atoms with van der Waals surface area (Å²) in [6.07, 6.45) is 1.57. The molecule has 0 aliphatic carbocycles. The Hall–Kier alpha value is -2.14. The molecule has 0 aromatic heterocycles. The largest absolute Gasteiger partial charge is 0.454 e. The molecule has 0 aliphatic heterocycles. The van der Waals surface area contributed by atoms with E-state index in [0.29, 0.717) is 6.54 Å². The van der Waals surface area contributed by atoms with Crippen molar-refractivity contribution in [2.75, 3.05) is 19.8 Å². The van der Waals surface area contributed by atoms with Crippen LogP contribution in [0.5, 0.6) is 0 Å². The second-order valence-electron chi connectivity index (χ2n) is 4.46. The number of hydrogen-bond acceptors (Lipinski definition) is 4. The highest BCUT2D eigenvalue weighted by Crippen LogP contribution is 1.98. The van der Waals surface area contributed by atoms with Crippen LogP contribution in [0.1, 0.15) is 12.5 Å². The normalized spacial score (nSPS) is 11.5. The van der Waals surface area contributed by atoms with Crippen molar-refractivity contribution in [2.45, 2.75) is 19.4 Å². The summed E-state index contributed by atoms with van der Waals surface area (Å²) in [7, 11) is 0. The van der Waals surface area contributed by atoms with Crippen molar-refractivity contribution in [1.29, 1.82) is 0 Å². The van der Waals surface area contributed by atoms with Gasteiger partial charge in [0, 0.05) is 6.54 Å². The average Bonchev–Trinajstić information content (AvgIpc) is 2.51. The summed E-state index contributed by atoms with van der Waals surface area (Å²) in [6.45, 7) is 5.52. The van der Waals surface area contributed by atoms with Gasteiger partial charge in [0.05, 0.1) is 6.61 Å². The lowest BCUT2D eigenvalue weighted by atomic mass is 10.1. The van der Waals surface area contributed by atoms with Crippen molar-refractivity contribution in [1.82, 2.24) is 5.32 Å². The summed E-state index contributed by atoms with van der Waals surface area (Å²) in [4.78, 5) is 23.0. The van der Waals surface area contributed by atoms with E-state index in [1.54, 1.807) is 13.0 Å². The van der Waals surface area contributed by atoms with Crippen molar-refractivity contribution < 1.29 is 19.1 Å². The van der Waals surface area contributed by atoms with Crippen LogP contribution in [0.4, 0.5) is 0 Å². The Labute approximate surface area is 124 Å². The molecule has 0 bridgehead atoms. The quantitative estimate of drug-likeness (QED) is 0.553. The van der Waals surface area contributed by atoms with Gasteiger partial charge in [-0.15, -0.1) is 6.58 Å². The van der Waals surface area contributed by atoms with E-state index >= 15 is 0 Å². The highest BCUT2D eigenvalue weighted by atomic mass is 16.6. The molecule has 1 aromatic carbocycles. The lowest BCUT2D eigenvalue weighted by Gasteiger charge is -2.11. The first-order chi connectivity index (χ1) is 10.1. The fourth-order valence-electron chi connectivity index (χ4n) is 1.58. The zero-order chi connectivity index (χ0) is 15.5. The SMILES string of the molecule is C=CCOC(C)C(=O)OCC(=O)NCCc1ccccc1. The molecule has 0 radical (unpaired) electrons. The molecule has 1 N–H and O–H groups in total. The highest BCUT2D eigenvalue weighted by Gasteiger charge is 2.15. The molecule has 5 nitrogen and oxygen atoms in total. The Bertz CT molecular complexity index is 459. The second-order valence-corrected chi connectivity index (χ2v) is 4.46. The maximum absolute atomic E-state index is 11.5. The number of amides is 1. The van der Waals surface area contributed by atoms with Crippen molar-refractivity contribution in [3.63, 3.8) is 0 Å². The van der Waals surface area contributed by atoms with Gasteiger partial charge in [0.25, 0.3) is 5.91 Å². The van der Waals surface area contributed by atoms with Crippen molar-refractivity contribution in [3.8, 4) is 0 Å². The zero-order valence-corrected chi connectivity index (χ0v) is 12.2. The van der Waals surface area contributed by atoms with Crippen LogP contribution in [-0.2, 0) is 25.5 Å². The first kappa shape index (κ1) is 16.9. The Morgan fingerprint density at radius 3 is 2.71 bits per heavy atom. The van der Waals surface area contributed by atoms with E-state index in [0.717, 1.165) is 12.0 Å². The number of ether oxygens (including phenoxy) is 2. The summed E-state index contributed by atoms with van der Waals surface area (Å²) in [5.74, 6) is -0.884. The van der Waals surface area contributed by atoms with E-state index in [4.69, 9.17) is 9.47 Å². The Morgan fingerprint density at radius 2 is 2.05 bits per heavy atom. The van der Waals surface area contributed by atoms with Gasteiger partial charge in [-0.25, -0.2) is 4.79 Å². The smallest absolute Gasteiger partial charge is 0.335 e. The van der Waals surface area contributed by atoms with E-state index in [2.05, 4.69) is 11.9 Å². The number of benzene rings is 1. The average molecular weight is 291 g/mol. The molecule has 0 fully saturated rings. The molecule has 0 saturated carbocycles. The Morgan fingerprint density at radius 1 is 1.33 bits per heavy atom. The van der Waals surface area contributed by atoms with E-state index in [9.17, 15) is 9.59 Å². The number of carbonyl (C=O) groups excluding carboxylic acids is 2. The molecule has 0 aliphatic rings. The molecular formula is C16H21NO4. The van der Waals surface area contributed by atoms with Gasteiger partial charge in [-0.1, -0.05) is 36.4 Å². The van der Waals surface area contributed by atoms with E-state index in [-0.39, 0.29) is 19.1 Å². The van der Waals surface area contributed by atoms with Gasteiger partial charge in [-0.05, 0) is 18.9 Å². The Kier molecular flexibility index (Phi) is 7.82. The number of hydrogen-bond donors (Lipinski definition) is 1. The van der Waals surface area contributed by atoms with E-state index in [1.165, 1.54) is 0 Å². The molecule has 1 aromatic rings. The topological polar surface area (TPSA) is 64.6 Å². The predicted octanol–water partition coefficient (Wildman–Crippen LogP) is 1.48. The van der Waals surface area contributed by atoms with Gasteiger partial charge in [-0.2, -0.15) is 0 Å². The number of carbonyl (C=O) groups is 2. The van der Waals surface area contributed by atoms with Crippen molar-refractivity contribution in [3.05, 3.63) is 48.6 Å². The lowest BCUT2D eigenvalue weighted by molar-refractivity contribution is -0.158. The van der Waals surface area contributed by atoms with Gasteiger partial charge in [-0.3, -0.25) is 4.79 Å². The molecular weight excluding hydrogens is 270 g/mol. The summed E-state index contributed by atoms with van der Waals surface area (Å²) in [6, 6.07) is 9.82. The van der Waals surface area contributed by atoms with Crippen LogP contribution in [0.15, 0.2) is 43.0 Å². The summed E-state index contributed by atoms with van der Waals surface area (Å²) < 4.78 is 9.96. The number of nitrogens with one attached hydrogen (secondary N) is 1. The van der Waals surface area contributed by atoms with Crippen LogP contribution in [-0.4, -0.2) is 37.7 Å². The van der Waals surface area contributed by atoms with Gasteiger partial charge < -0.3 is 14.8 Å². The molecule has 21 heavy (non-hydrogen) atoms. The third-order valence-electron chi connectivity index (χ3n) is 2.72. The molecule has 114 valence electrons. The molecule has 1 amide bonds. The Balaban J connectivity index is 2.16. The maximum Gasteiger partial charge on any atom is 0.335 e. The maximum atomic E-state index is 11.5. The predicted molar refractivity (Wildman–Crippen MR) is 79.7 cm³/mol. The van der Waals surface area contributed by atoms with Gasteiger partial charge >= 0.3 is 5.97 Å². The van der Waals surface area contributed by atoms with Crippen molar-refractivity contribution in [2.24, 2.45) is 0 Å². The second kappa shape index (κ2) is 9.72. The first-order valence-electron chi connectivity index (χ1n) is 6.83. The van der Waals surface area contributed by atoms with Gasteiger partial charge in [0.1, 0.15) is 0 Å². The highest BCUT2D eigenvalue weighted by molar-refractivity contribution is 5.81. The van der Waals surface area contributed by atoms with Crippen LogP contribution in [0.3, 0.4) is 0 Å². The number of esters is 1. The molecule has 1 atom stereocenters. The summed E-state index contributed by atoms with van der Waals surface area (Å²) >= 11 is 0. The summed E-state index contributed by atoms with van der Waals surface area (Å²) in [5.41, 5.74) is 1.14. The molecule has 0 spiro atoms. The van der Waals surface area contributed by atoms with Crippen LogP contribution in [0.2, 0.25) is 0 Å². The minimum Gasteiger partial charge on any atom is -0.454 e. The van der Waals surface area contributed by atoms with Crippen LogP contribution < -0.4 is 5.32 Å². The third-order valence-corrected chi connectivity index (χ3v) is 2.72. The van der Waals surface area contributed by atoms with E-state index < -0.39 is 12.1 Å². The molecule has 1 rings (SSSR count). The summed E-state index contributed by atoms with van der Waals surface area (Å²) in [5, 5.41) is 2.70. The monoisotopic (exact) mass is 291 g/mol. The zero-order valence-electron chi connectivity index (χ0n) is 12.2. The molecule has 1 unspecified atom stereocenters. The van der Waals surface area contributed by atoms with Gasteiger partial charge in [0.15, 0.2) is 12.7 Å². The molecule has 5 heteroatoms. The third kappa shape index (κ3) is 7.27. The van der Waals surface area contributed by atoms with Crippen LogP contribution in [0, 0.1) is 0 Å². The lowest BCUT2D eigenvalue weighted by Crippen LogP contribution is -2.33. The fourth-order valence-corrected chi connectivity index (χ4v) is 1.58. The van der Waals surface area contributed by atoms with Gasteiger partial charge in [0.2, 0.25) is 0 Å². The standard InChI is InChI=1S/C16H21NO4/c1-3-11-20-13(2)16(19)21-12-15(18)17-10-9-14-7-5-4-6-8-14/h3-8,13H,1,9-12H2,2H3,(H,17,18). The number of rotatable bonds is 9. The van der Waals surface area contributed by atoms with Crippen LogP contribution in [0.25, 0.3) is 0 Å². The minimum atomic E-state index is -0.708. The molecule has 0 saturated heterocycles. The minimum absolute atomic E-state index is 0.263. The van der Waals surface area contributed by atoms with Crippen LogP contribution >= 0.6 is 0 Å². The van der Waals surface area contributed by atoms with Crippen molar-refractivity contribution >= 4 is 11.9 Å².